The minimum Gasteiger partial charge on any atom is -0.0930 e. The Morgan fingerprint density at radius 2 is 1.45 bits per heavy atom. The molecule has 0 nitrogen and oxygen atoms in total. The molecule has 0 fully saturated rings. The van der Waals surface area contributed by atoms with Crippen molar-refractivity contribution in [3.8, 4) is 0 Å². The van der Waals surface area contributed by atoms with E-state index in [1.807, 2.05) is 12.1 Å². The van der Waals surface area contributed by atoms with E-state index in [1.165, 1.54) is 0 Å². The maximum absolute atomic E-state index is 6.37. The second-order valence-electron chi connectivity index (χ2n) is 4.41. The first kappa shape index (κ1) is 19.3. The van der Waals surface area contributed by atoms with E-state index < -0.39 is 12.5 Å². The van der Waals surface area contributed by atoms with Gasteiger partial charge in [-0.25, -0.2) is 0 Å². The minimum atomic E-state index is -2.04. The fraction of sp³-hybridized carbons (Fsp3) is 0.538. The SMILES string of the molecule is CCCCc1ccccc1C(Cl)(Cl)C(Cl)(Cl)C(Cl)(Cl)Cl. The summed E-state index contributed by atoms with van der Waals surface area (Å²) in [6, 6.07) is 7.32. The highest BCUT2D eigenvalue weighted by Gasteiger charge is 2.61. The number of alkyl halides is 7. The van der Waals surface area contributed by atoms with E-state index in [0.717, 1.165) is 24.8 Å². The van der Waals surface area contributed by atoms with Gasteiger partial charge in [-0.15, -0.1) is 0 Å². The average molecular weight is 417 g/mol. The van der Waals surface area contributed by atoms with Crippen LogP contribution in [0.25, 0.3) is 0 Å². The molecule has 0 spiro atoms. The van der Waals surface area contributed by atoms with Gasteiger partial charge in [0.25, 0.3) is 0 Å². The first-order chi connectivity index (χ1) is 9.05. The molecule has 0 radical (unpaired) electrons. The van der Waals surface area contributed by atoms with Crippen molar-refractivity contribution in [2.24, 2.45) is 0 Å². The van der Waals surface area contributed by atoms with Crippen LogP contribution in [0.1, 0.15) is 30.9 Å². The van der Waals surface area contributed by atoms with Gasteiger partial charge < -0.3 is 0 Å². The van der Waals surface area contributed by atoms with E-state index in [0.29, 0.717) is 5.56 Å². The van der Waals surface area contributed by atoms with Crippen molar-refractivity contribution in [1.82, 2.24) is 0 Å². The van der Waals surface area contributed by atoms with Crippen LogP contribution in [0.3, 0.4) is 0 Å². The molecule has 0 saturated heterocycles. The average Bonchev–Trinajstić information content (AvgIpc) is 2.35. The van der Waals surface area contributed by atoms with Gasteiger partial charge in [0, 0.05) is 0 Å². The Balaban J connectivity index is 3.28. The highest BCUT2D eigenvalue weighted by Crippen LogP contribution is 2.61. The molecule has 0 aromatic heterocycles. The first-order valence-corrected chi connectivity index (χ1v) is 8.61. The van der Waals surface area contributed by atoms with Crippen LogP contribution in [0.2, 0.25) is 0 Å². The standard InChI is InChI=1S/C13H13Cl7/c1-2-3-6-9-7-4-5-8-10(9)11(14,15)12(16,17)13(18,19)20/h4-5,7-8H,2-3,6H2,1H3. The molecule has 1 aromatic rings. The first-order valence-electron chi connectivity index (χ1n) is 5.96. The van der Waals surface area contributed by atoms with Crippen LogP contribution < -0.4 is 0 Å². The highest BCUT2D eigenvalue weighted by atomic mass is 35.6. The lowest BCUT2D eigenvalue weighted by Crippen LogP contribution is -2.45. The van der Waals surface area contributed by atoms with Gasteiger partial charge in [0.1, 0.15) is 0 Å². The smallest absolute Gasteiger partial charge is 0.0930 e. The van der Waals surface area contributed by atoms with Gasteiger partial charge in [-0.3, -0.25) is 0 Å². The number of rotatable bonds is 5. The zero-order chi connectivity index (χ0) is 15.6. The molecule has 0 aliphatic heterocycles. The number of halogens is 7. The molecule has 0 N–H and O–H groups in total. The number of unbranched alkanes of at least 4 members (excludes halogenated alkanes) is 1. The van der Waals surface area contributed by atoms with Gasteiger partial charge in [-0.05, 0) is 24.0 Å². The summed E-state index contributed by atoms with van der Waals surface area (Å²) in [4.78, 5) is 0. The second kappa shape index (κ2) is 7.21. The van der Waals surface area contributed by atoms with Crippen LogP contribution in [0.5, 0.6) is 0 Å². The Hall–Kier alpha value is 1.25. The fourth-order valence-electron chi connectivity index (χ4n) is 1.76. The highest BCUT2D eigenvalue weighted by molar-refractivity contribution is 6.78. The zero-order valence-electron chi connectivity index (χ0n) is 10.6. The quantitative estimate of drug-likeness (QED) is 0.444. The lowest BCUT2D eigenvalue weighted by Gasteiger charge is -2.38. The summed E-state index contributed by atoms with van der Waals surface area (Å²) < 4.78 is -5.81. The molecular formula is C13H13Cl7. The third kappa shape index (κ3) is 3.96. The van der Waals surface area contributed by atoms with E-state index in [9.17, 15) is 0 Å². The lowest BCUT2D eigenvalue weighted by molar-refractivity contribution is 0.683. The molecule has 7 heteroatoms. The van der Waals surface area contributed by atoms with Crippen LogP contribution in [0.4, 0.5) is 0 Å². The van der Waals surface area contributed by atoms with E-state index >= 15 is 0 Å². The number of hydrogen-bond donors (Lipinski definition) is 0. The fourth-order valence-corrected chi connectivity index (χ4v) is 3.33. The summed E-state index contributed by atoms with van der Waals surface area (Å²) in [7, 11) is 0. The molecule has 20 heavy (non-hydrogen) atoms. The van der Waals surface area contributed by atoms with Crippen molar-refractivity contribution >= 4 is 81.2 Å². The Morgan fingerprint density at radius 3 is 1.95 bits per heavy atom. The predicted octanol–water partition coefficient (Wildman–Crippen LogP) is 7.20. The molecule has 1 aromatic carbocycles. The Bertz CT molecular complexity index is 448. The normalized spacial score (nSPS) is 13.6. The molecule has 0 bridgehead atoms. The summed E-state index contributed by atoms with van der Waals surface area (Å²) in [6.45, 7) is 2.09. The molecule has 1 rings (SSSR count). The number of hydrogen-bond acceptors (Lipinski definition) is 0. The molecule has 0 saturated carbocycles. The molecule has 0 amide bonds. The molecule has 0 unspecified atom stereocenters. The van der Waals surface area contributed by atoms with Gasteiger partial charge in [-0.1, -0.05) is 119 Å². The van der Waals surface area contributed by atoms with Crippen LogP contribution in [-0.2, 0) is 10.8 Å². The van der Waals surface area contributed by atoms with Crippen molar-refractivity contribution in [2.75, 3.05) is 0 Å². The monoisotopic (exact) mass is 414 g/mol. The van der Waals surface area contributed by atoms with Crippen molar-refractivity contribution in [3.05, 3.63) is 35.4 Å². The largest absolute Gasteiger partial charge is 0.226 e. The number of benzene rings is 1. The van der Waals surface area contributed by atoms with Crippen molar-refractivity contribution in [3.63, 3.8) is 0 Å². The summed E-state index contributed by atoms with van der Waals surface area (Å²) in [5, 5.41) is 0. The second-order valence-corrected chi connectivity index (χ2v) is 9.34. The van der Waals surface area contributed by atoms with E-state index in [2.05, 4.69) is 6.92 Å². The van der Waals surface area contributed by atoms with Crippen LogP contribution in [0.15, 0.2) is 24.3 Å². The molecule has 0 aliphatic carbocycles. The van der Waals surface area contributed by atoms with Crippen molar-refractivity contribution in [2.45, 2.75) is 38.6 Å². The maximum atomic E-state index is 6.37. The van der Waals surface area contributed by atoms with E-state index in [4.69, 9.17) is 81.2 Å². The summed E-state index contributed by atoms with van der Waals surface area (Å²) in [6.07, 6.45) is 2.80. The van der Waals surface area contributed by atoms with Crippen molar-refractivity contribution < 1.29 is 0 Å². The topological polar surface area (TPSA) is 0 Å². The van der Waals surface area contributed by atoms with Gasteiger partial charge in [0.05, 0.1) is 0 Å². The molecular weight excluding hydrogens is 404 g/mol. The lowest BCUT2D eigenvalue weighted by atomic mass is 9.97. The van der Waals surface area contributed by atoms with Gasteiger partial charge >= 0.3 is 0 Å². The zero-order valence-corrected chi connectivity index (χ0v) is 15.9. The van der Waals surface area contributed by atoms with Gasteiger partial charge in [0.15, 0.2) is 4.33 Å². The summed E-state index contributed by atoms with van der Waals surface area (Å²) in [5.41, 5.74) is 1.48. The predicted molar refractivity (Wildman–Crippen MR) is 93.2 cm³/mol. The Labute approximate surface area is 154 Å². The molecule has 0 aliphatic rings. The van der Waals surface area contributed by atoms with Crippen LogP contribution >= 0.6 is 81.2 Å². The summed E-state index contributed by atoms with van der Waals surface area (Å²) >= 11 is 42.5. The van der Waals surface area contributed by atoms with E-state index in [1.54, 1.807) is 12.1 Å². The van der Waals surface area contributed by atoms with Crippen LogP contribution in [-0.4, -0.2) is 8.13 Å². The minimum absolute atomic E-state index is 0.549. The summed E-state index contributed by atoms with van der Waals surface area (Å²) in [5.74, 6) is 0. The third-order valence-corrected chi connectivity index (χ3v) is 6.83. The molecule has 114 valence electrons. The van der Waals surface area contributed by atoms with Crippen LogP contribution in [0, 0.1) is 0 Å². The third-order valence-electron chi connectivity index (χ3n) is 2.91. The van der Waals surface area contributed by atoms with Gasteiger partial charge in [0.2, 0.25) is 8.13 Å². The number of aryl methyl sites for hydroxylation is 1. The van der Waals surface area contributed by atoms with Gasteiger partial charge in [-0.2, -0.15) is 0 Å². The van der Waals surface area contributed by atoms with Crippen molar-refractivity contribution in [1.29, 1.82) is 0 Å². The molecule has 0 heterocycles. The molecule has 0 atom stereocenters. The Kier molecular flexibility index (Phi) is 6.96. The Morgan fingerprint density at radius 1 is 0.900 bits per heavy atom. The maximum Gasteiger partial charge on any atom is 0.226 e. The van der Waals surface area contributed by atoms with E-state index in [-0.39, 0.29) is 0 Å².